The van der Waals surface area contributed by atoms with E-state index in [-0.39, 0.29) is 24.2 Å². The van der Waals surface area contributed by atoms with Gasteiger partial charge in [-0.3, -0.25) is 9.59 Å². The average Bonchev–Trinajstić information content (AvgIpc) is 2.55. The molecule has 0 aliphatic carbocycles. The van der Waals surface area contributed by atoms with Gasteiger partial charge in [-0.05, 0) is 57.5 Å². The molecule has 0 saturated carbocycles. The second-order valence-corrected chi connectivity index (χ2v) is 6.41. The van der Waals surface area contributed by atoms with Gasteiger partial charge in [-0.15, -0.1) is 12.4 Å². The van der Waals surface area contributed by atoms with Crippen LogP contribution in [-0.4, -0.2) is 50.0 Å². The number of amides is 2. The highest BCUT2D eigenvalue weighted by molar-refractivity contribution is 7.98. The van der Waals surface area contributed by atoms with Crippen molar-refractivity contribution in [3.8, 4) is 0 Å². The van der Waals surface area contributed by atoms with Gasteiger partial charge in [-0.2, -0.15) is 11.8 Å². The van der Waals surface area contributed by atoms with Crippen LogP contribution in [0, 0.1) is 6.92 Å². The molecule has 5 nitrogen and oxygen atoms in total. The number of benzene rings is 1. The third kappa shape index (κ3) is 8.57. The summed E-state index contributed by atoms with van der Waals surface area (Å²) in [5.74, 6) is 0.504. The molecule has 0 aliphatic heterocycles. The van der Waals surface area contributed by atoms with Crippen molar-refractivity contribution in [3.05, 3.63) is 35.4 Å². The van der Waals surface area contributed by atoms with E-state index in [4.69, 9.17) is 0 Å². The Kier molecular flexibility index (Phi) is 12.4. The summed E-state index contributed by atoms with van der Waals surface area (Å²) >= 11 is 1.66. The first kappa shape index (κ1) is 22.8. The highest BCUT2D eigenvalue weighted by atomic mass is 35.5. The van der Waals surface area contributed by atoms with Crippen molar-refractivity contribution < 1.29 is 9.59 Å². The second kappa shape index (κ2) is 13.1. The summed E-state index contributed by atoms with van der Waals surface area (Å²) in [7, 11) is 1.88. The standard InChI is InChI=1S/C17H27N3O2S.ClH/c1-13-6-4-7-14(12-13)16(21)20-15(8-11-23-3)17(22)19-10-5-9-18-2;/h4,6-7,12,15,18H,5,8-11H2,1-3H3,(H,19,22)(H,20,21);1H. The van der Waals surface area contributed by atoms with Gasteiger partial charge in [0, 0.05) is 12.1 Å². The number of aryl methyl sites for hydroxylation is 1. The van der Waals surface area contributed by atoms with Crippen LogP contribution in [0.5, 0.6) is 0 Å². The molecule has 1 atom stereocenters. The largest absolute Gasteiger partial charge is 0.354 e. The molecule has 1 rings (SSSR count). The van der Waals surface area contributed by atoms with Crippen molar-refractivity contribution in [1.29, 1.82) is 0 Å². The van der Waals surface area contributed by atoms with Crippen LogP contribution >= 0.6 is 24.2 Å². The first-order valence-electron chi connectivity index (χ1n) is 7.87. The zero-order chi connectivity index (χ0) is 17.1. The molecule has 1 unspecified atom stereocenters. The smallest absolute Gasteiger partial charge is 0.251 e. The van der Waals surface area contributed by atoms with Crippen LogP contribution in [0.25, 0.3) is 0 Å². The van der Waals surface area contributed by atoms with E-state index in [9.17, 15) is 9.59 Å². The quantitative estimate of drug-likeness (QED) is 0.548. The molecule has 1 aromatic rings. The summed E-state index contributed by atoms with van der Waals surface area (Å²) in [6.45, 7) is 3.40. The topological polar surface area (TPSA) is 70.2 Å². The van der Waals surface area contributed by atoms with E-state index in [2.05, 4.69) is 16.0 Å². The fraction of sp³-hybridized carbons (Fsp3) is 0.529. The SMILES string of the molecule is CNCCCNC(=O)C(CCSC)NC(=O)c1cccc(C)c1.Cl. The summed E-state index contributed by atoms with van der Waals surface area (Å²) in [6.07, 6.45) is 3.48. The Hall–Kier alpha value is -1.24. The fourth-order valence-electron chi connectivity index (χ4n) is 2.13. The Bertz CT molecular complexity index is 514. The van der Waals surface area contributed by atoms with Crippen molar-refractivity contribution in [2.24, 2.45) is 0 Å². The first-order valence-corrected chi connectivity index (χ1v) is 9.26. The minimum atomic E-state index is -0.495. The maximum atomic E-state index is 12.3. The number of nitrogens with one attached hydrogen (secondary N) is 3. The molecule has 0 saturated heterocycles. The lowest BCUT2D eigenvalue weighted by Crippen LogP contribution is -2.47. The van der Waals surface area contributed by atoms with Crippen LogP contribution in [0.2, 0.25) is 0 Å². The van der Waals surface area contributed by atoms with Crippen LogP contribution in [0.4, 0.5) is 0 Å². The minimum absolute atomic E-state index is 0. The molecule has 0 aliphatic rings. The lowest BCUT2D eigenvalue weighted by molar-refractivity contribution is -0.123. The van der Waals surface area contributed by atoms with Crippen molar-refractivity contribution in [3.63, 3.8) is 0 Å². The zero-order valence-electron chi connectivity index (χ0n) is 14.6. The van der Waals surface area contributed by atoms with Crippen molar-refractivity contribution in [1.82, 2.24) is 16.0 Å². The lowest BCUT2D eigenvalue weighted by atomic mass is 10.1. The number of thioether (sulfide) groups is 1. The summed E-state index contributed by atoms with van der Waals surface area (Å²) < 4.78 is 0. The molecule has 0 fully saturated rings. The molecule has 0 heterocycles. The van der Waals surface area contributed by atoms with Crippen LogP contribution in [-0.2, 0) is 4.79 Å². The Balaban J connectivity index is 0.00000529. The van der Waals surface area contributed by atoms with Crippen LogP contribution in [0.3, 0.4) is 0 Å². The Morgan fingerprint density at radius 2 is 2.00 bits per heavy atom. The number of carbonyl (C=O) groups is 2. The predicted octanol–water partition coefficient (Wildman–Crippen LogP) is 1.99. The summed E-state index contributed by atoms with van der Waals surface area (Å²) in [5, 5.41) is 8.79. The van der Waals surface area contributed by atoms with Gasteiger partial charge >= 0.3 is 0 Å². The van der Waals surface area contributed by atoms with Gasteiger partial charge in [-0.1, -0.05) is 17.7 Å². The number of halogens is 1. The summed E-state index contributed by atoms with van der Waals surface area (Å²) in [6, 6.07) is 6.88. The monoisotopic (exact) mass is 373 g/mol. The number of carbonyl (C=O) groups excluding carboxylic acids is 2. The lowest BCUT2D eigenvalue weighted by Gasteiger charge is -2.18. The van der Waals surface area contributed by atoms with Gasteiger partial charge in [0.05, 0.1) is 0 Å². The van der Waals surface area contributed by atoms with Gasteiger partial charge in [-0.25, -0.2) is 0 Å². The molecular weight excluding hydrogens is 346 g/mol. The van der Waals surface area contributed by atoms with E-state index in [0.717, 1.165) is 24.3 Å². The molecule has 7 heteroatoms. The van der Waals surface area contributed by atoms with E-state index >= 15 is 0 Å². The molecule has 0 bridgehead atoms. The highest BCUT2D eigenvalue weighted by Crippen LogP contribution is 2.06. The number of hydrogen-bond donors (Lipinski definition) is 3. The van der Waals surface area contributed by atoms with Crippen LogP contribution in [0.1, 0.15) is 28.8 Å². The van der Waals surface area contributed by atoms with E-state index < -0.39 is 6.04 Å². The maximum absolute atomic E-state index is 12.3. The van der Waals surface area contributed by atoms with Gasteiger partial charge < -0.3 is 16.0 Å². The molecule has 2 amide bonds. The Morgan fingerprint density at radius 3 is 2.62 bits per heavy atom. The number of hydrogen-bond acceptors (Lipinski definition) is 4. The third-order valence-electron chi connectivity index (χ3n) is 3.42. The predicted molar refractivity (Wildman–Crippen MR) is 104 cm³/mol. The highest BCUT2D eigenvalue weighted by Gasteiger charge is 2.20. The Labute approximate surface area is 155 Å². The van der Waals surface area contributed by atoms with Gasteiger partial charge in [0.1, 0.15) is 6.04 Å². The van der Waals surface area contributed by atoms with Crippen molar-refractivity contribution in [2.45, 2.75) is 25.8 Å². The fourth-order valence-corrected chi connectivity index (χ4v) is 2.60. The molecule has 0 radical (unpaired) electrons. The third-order valence-corrected chi connectivity index (χ3v) is 4.06. The molecule has 3 N–H and O–H groups in total. The van der Waals surface area contributed by atoms with Gasteiger partial charge in [0.25, 0.3) is 5.91 Å². The Morgan fingerprint density at radius 1 is 1.25 bits per heavy atom. The minimum Gasteiger partial charge on any atom is -0.354 e. The van der Waals surface area contributed by atoms with Crippen LogP contribution in [0.15, 0.2) is 24.3 Å². The van der Waals surface area contributed by atoms with Crippen molar-refractivity contribution >= 4 is 36.0 Å². The molecule has 24 heavy (non-hydrogen) atoms. The second-order valence-electron chi connectivity index (χ2n) is 5.43. The summed E-state index contributed by atoms with van der Waals surface area (Å²) in [5.41, 5.74) is 1.61. The van der Waals surface area contributed by atoms with E-state index in [1.54, 1.807) is 17.8 Å². The molecule has 136 valence electrons. The normalized spacial score (nSPS) is 11.3. The molecular formula is C17H28ClN3O2S. The molecule has 0 spiro atoms. The van der Waals surface area contributed by atoms with Crippen molar-refractivity contribution in [2.75, 3.05) is 32.1 Å². The summed E-state index contributed by atoms with van der Waals surface area (Å²) in [4.78, 5) is 24.6. The first-order chi connectivity index (χ1) is 11.1. The molecule has 1 aromatic carbocycles. The molecule has 0 aromatic heterocycles. The van der Waals surface area contributed by atoms with E-state index in [1.165, 1.54) is 0 Å². The van der Waals surface area contributed by atoms with Crippen LogP contribution < -0.4 is 16.0 Å². The van der Waals surface area contributed by atoms with E-state index in [1.807, 2.05) is 38.4 Å². The maximum Gasteiger partial charge on any atom is 0.251 e. The number of rotatable bonds is 10. The van der Waals surface area contributed by atoms with Gasteiger partial charge in [0.2, 0.25) is 5.91 Å². The zero-order valence-corrected chi connectivity index (χ0v) is 16.2. The van der Waals surface area contributed by atoms with E-state index in [0.29, 0.717) is 18.5 Å². The average molecular weight is 374 g/mol. The van der Waals surface area contributed by atoms with Gasteiger partial charge in [0.15, 0.2) is 0 Å².